The van der Waals surface area contributed by atoms with Crippen molar-refractivity contribution in [2.24, 2.45) is 0 Å². The Morgan fingerprint density at radius 2 is 1.09 bits per heavy atom. The van der Waals surface area contributed by atoms with Gasteiger partial charge in [-0.1, -0.05) is 48.5 Å². The molecular weight excluding hydrogens is 349 g/mol. The van der Waals surface area contributed by atoms with Crippen LogP contribution in [0.3, 0.4) is 0 Å². The molecule has 0 aliphatic heterocycles. The molecule has 0 fully saturated rings. The van der Waals surface area contributed by atoms with Gasteiger partial charge >= 0.3 is 26.2 Å². The molecule has 1 aliphatic rings. The van der Waals surface area contributed by atoms with Crippen molar-refractivity contribution in [1.82, 2.24) is 0 Å². The third-order valence-electron chi connectivity index (χ3n) is 2.21. The van der Waals surface area contributed by atoms with Crippen LogP contribution >= 0.6 is 0 Å². The van der Waals surface area contributed by atoms with Crippen LogP contribution < -0.4 is 0 Å². The third kappa shape index (κ3) is 42.7. The summed E-state index contributed by atoms with van der Waals surface area (Å²) in [6.07, 6.45) is 8.33. The van der Waals surface area contributed by atoms with E-state index in [-0.39, 0.29) is 26.2 Å². The Balaban J connectivity index is -0.0000000973. The zero-order valence-electron chi connectivity index (χ0n) is 15.9. The molecular formula is C18H37N3Zr. The topological polar surface area (TPSA) is 42.3 Å². The first-order valence-corrected chi connectivity index (χ1v) is 8.27. The molecule has 0 saturated heterocycles. The molecule has 1 rings (SSSR count). The van der Waals surface area contributed by atoms with Crippen molar-refractivity contribution >= 4 is 0 Å². The summed E-state index contributed by atoms with van der Waals surface area (Å²) in [5.74, 6) is 0. The maximum absolute atomic E-state index is 3.97. The van der Waals surface area contributed by atoms with E-state index in [4.69, 9.17) is 0 Å². The standard InChI is InChI=1S/C6H7.3C4H10N.Zr/c1-6-4-2-3-5-6;3*1-3-5-4-2;/h2,4H,3H2,1H3;3*3-4H2,1-2H3;/q4*-1;+4. The van der Waals surface area contributed by atoms with Crippen LogP contribution in [-0.2, 0) is 26.2 Å². The van der Waals surface area contributed by atoms with Crippen LogP contribution in [0.1, 0.15) is 54.9 Å². The van der Waals surface area contributed by atoms with Crippen LogP contribution in [0.4, 0.5) is 0 Å². The van der Waals surface area contributed by atoms with Crippen molar-refractivity contribution in [3.63, 3.8) is 0 Å². The normalized spacial score (nSPS) is 10.8. The molecule has 0 aromatic rings. The Hall–Kier alpha value is 0.243. The van der Waals surface area contributed by atoms with Crippen molar-refractivity contribution < 1.29 is 26.2 Å². The maximum atomic E-state index is 3.97. The first kappa shape index (κ1) is 30.2. The molecule has 3 nitrogen and oxygen atoms in total. The molecule has 4 heteroatoms. The maximum Gasteiger partial charge on any atom is 4.00 e. The minimum absolute atomic E-state index is 0. The second kappa shape index (κ2) is 33.0. The Labute approximate surface area is 159 Å². The van der Waals surface area contributed by atoms with Crippen molar-refractivity contribution in [2.75, 3.05) is 39.3 Å². The van der Waals surface area contributed by atoms with Gasteiger partial charge in [0, 0.05) is 0 Å². The van der Waals surface area contributed by atoms with Crippen LogP contribution in [-0.4, -0.2) is 39.3 Å². The van der Waals surface area contributed by atoms with Crippen LogP contribution in [0.2, 0.25) is 0 Å². The van der Waals surface area contributed by atoms with Crippen molar-refractivity contribution in [3.8, 4) is 0 Å². The molecule has 22 heavy (non-hydrogen) atoms. The smallest absolute Gasteiger partial charge is 0.663 e. The summed E-state index contributed by atoms with van der Waals surface area (Å²) in [6.45, 7) is 20.1. The van der Waals surface area contributed by atoms with Gasteiger partial charge in [-0.15, -0.1) is 6.42 Å². The van der Waals surface area contributed by atoms with Gasteiger partial charge in [0.05, 0.1) is 0 Å². The Bertz CT molecular complexity index is 193. The molecule has 0 radical (unpaired) electrons. The fourth-order valence-electron chi connectivity index (χ4n) is 1.19. The van der Waals surface area contributed by atoms with Crippen LogP contribution in [0.5, 0.6) is 0 Å². The molecule has 0 spiro atoms. The summed E-state index contributed by atoms with van der Waals surface area (Å²) in [7, 11) is 0. The SMILES string of the molecule is CC1=[C-]CC=C1.CC[N-]CC.CC[N-]CC.CC[N-]CC.[Zr+4]. The Morgan fingerprint density at radius 1 is 0.773 bits per heavy atom. The van der Waals surface area contributed by atoms with E-state index in [0.717, 1.165) is 45.7 Å². The molecule has 0 N–H and O–H groups in total. The summed E-state index contributed by atoms with van der Waals surface area (Å²) < 4.78 is 0. The van der Waals surface area contributed by atoms with Crippen LogP contribution in [0.25, 0.3) is 16.0 Å². The van der Waals surface area contributed by atoms with E-state index in [1.54, 1.807) is 0 Å². The van der Waals surface area contributed by atoms with E-state index in [9.17, 15) is 0 Å². The van der Waals surface area contributed by atoms with Crippen molar-refractivity contribution in [3.05, 3.63) is 39.8 Å². The van der Waals surface area contributed by atoms with Crippen LogP contribution in [0, 0.1) is 6.08 Å². The van der Waals surface area contributed by atoms with Gasteiger partial charge in [0.2, 0.25) is 0 Å². The summed E-state index contributed by atoms with van der Waals surface area (Å²) in [6, 6.07) is 0. The largest absolute Gasteiger partial charge is 4.00 e. The average molecular weight is 387 g/mol. The zero-order valence-corrected chi connectivity index (χ0v) is 18.4. The monoisotopic (exact) mass is 385 g/mol. The van der Waals surface area contributed by atoms with Gasteiger partial charge in [0.15, 0.2) is 0 Å². The minimum atomic E-state index is 0. The average Bonchev–Trinajstić information content (AvgIpc) is 2.95. The van der Waals surface area contributed by atoms with E-state index in [0.29, 0.717) is 0 Å². The minimum Gasteiger partial charge on any atom is -0.663 e. The molecule has 0 unspecified atom stereocenters. The predicted molar refractivity (Wildman–Crippen MR) is 99.5 cm³/mol. The number of hydrogen-bond acceptors (Lipinski definition) is 0. The van der Waals surface area contributed by atoms with E-state index in [2.05, 4.69) is 41.1 Å². The van der Waals surface area contributed by atoms with Gasteiger partial charge in [0.1, 0.15) is 0 Å². The van der Waals surface area contributed by atoms with Gasteiger partial charge < -0.3 is 16.0 Å². The molecule has 0 amide bonds. The van der Waals surface area contributed by atoms with Gasteiger partial charge in [-0.3, -0.25) is 6.08 Å². The number of rotatable bonds is 6. The first-order valence-electron chi connectivity index (χ1n) is 8.27. The summed E-state index contributed by atoms with van der Waals surface area (Å²) in [5.41, 5.74) is 1.27. The second-order valence-corrected chi connectivity index (χ2v) is 4.03. The van der Waals surface area contributed by atoms with Gasteiger partial charge in [-0.05, 0) is 0 Å². The Kier molecular flexibility index (Phi) is 45.2. The molecule has 0 bridgehead atoms. The molecule has 0 aromatic heterocycles. The number of hydrogen-bond donors (Lipinski definition) is 0. The van der Waals surface area contributed by atoms with E-state index >= 15 is 0 Å². The molecule has 0 atom stereocenters. The van der Waals surface area contributed by atoms with Gasteiger partial charge in [-0.2, -0.15) is 45.3 Å². The molecule has 1 aliphatic carbocycles. The van der Waals surface area contributed by atoms with Gasteiger partial charge in [-0.25, -0.2) is 11.6 Å². The summed E-state index contributed by atoms with van der Waals surface area (Å²) in [5, 5.41) is 11.9. The fraction of sp³-hybridized carbons (Fsp3) is 0.778. The molecule has 0 saturated carbocycles. The zero-order chi connectivity index (χ0) is 16.8. The molecule has 128 valence electrons. The van der Waals surface area contributed by atoms with E-state index < -0.39 is 0 Å². The third-order valence-corrected chi connectivity index (χ3v) is 2.21. The summed E-state index contributed by atoms with van der Waals surface area (Å²) >= 11 is 0. The van der Waals surface area contributed by atoms with Crippen molar-refractivity contribution in [1.29, 1.82) is 0 Å². The summed E-state index contributed by atoms with van der Waals surface area (Å²) in [4.78, 5) is 0. The van der Waals surface area contributed by atoms with Crippen molar-refractivity contribution in [2.45, 2.75) is 54.9 Å². The Morgan fingerprint density at radius 3 is 1.14 bits per heavy atom. The second-order valence-electron chi connectivity index (χ2n) is 4.03. The first-order chi connectivity index (χ1) is 10.1. The van der Waals surface area contributed by atoms with E-state index in [1.807, 2.05) is 41.5 Å². The molecule has 0 heterocycles. The number of allylic oxidation sites excluding steroid dienone is 4. The molecule has 0 aromatic carbocycles. The number of nitrogens with zero attached hydrogens (tertiary/aromatic N) is 3. The van der Waals surface area contributed by atoms with Crippen LogP contribution in [0.15, 0.2) is 17.7 Å². The predicted octanol–water partition coefficient (Wildman–Crippen LogP) is 5.89. The fourth-order valence-corrected chi connectivity index (χ4v) is 1.19. The van der Waals surface area contributed by atoms with Gasteiger partial charge in [0.25, 0.3) is 0 Å². The quantitative estimate of drug-likeness (QED) is 0.511. The van der Waals surface area contributed by atoms with E-state index in [1.165, 1.54) is 5.57 Å².